The number of fused-ring (bicyclic) bond motifs is 3. The summed E-state index contributed by atoms with van der Waals surface area (Å²) in [6, 6.07) is 8.15. The zero-order valence-corrected chi connectivity index (χ0v) is 11.3. The molecule has 0 radical (unpaired) electrons. The average molecular weight is 262 g/mol. The van der Waals surface area contributed by atoms with Crippen molar-refractivity contribution in [2.45, 2.75) is 25.8 Å². The van der Waals surface area contributed by atoms with Gasteiger partial charge in [0.05, 0.1) is 0 Å². The van der Waals surface area contributed by atoms with Crippen LogP contribution < -0.4 is 5.32 Å². The number of anilines is 1. The lowest BCUT2D eigenvalue weighted by Crippen LogP contribution is -2.16. The van der Waals surface area contributed by atoms with Crippen molar-refractivity contribution in [1.82, 2.24) is 0 Å². The number of hydrogen-bond acceptors (Lipinski definition) is 2. The molecule has 1 aliphatic rings. The Labute approximate surface area is 112 Å². The predicted octanol–water partition coefficient (Wildman–Crippen LogP) is 3.99. The molecule has 1 aliphatic heterocycles. The van der Waals surface area contributed by atoms with Gasteiger partial charge in [-0.3, -0.25) is 0 Å². The van der Waals surface area contributed by atoms with E-state index in [4.69, 9.17) is 11.6 Å². The largest absolute Gasteiger partial charge is 0.507 e. The highest BCUT2D eigenvalue weighted by atomic mass is 35.5. The van der Waals surface area contributed by atoms with Crippen LogP contribution in [0.1, 0.15) is 24.0 Å². The lowest BCUT2D eigenvalue weighted by molar-refractivity contribution is 0.482. The number of nitrogens with one attached hydrogen (secondary N) is 1. The zero-order valence-electron chi connectivity index (χ0n) is 10.5. The van der Waals surface area contributed by atoms with Gasteiger partial charge < -0.3 is 10.4 Å². The van der Waals surface area contributed by atoms with E-state index >= 15 is 0 Å². The van der Waals surface area contributed by atoms with Crippen molar-refractivity contribution in [2.24, 2.45) is 0 Å². The summed E-state index contributed by atoms with van der Waals surface area (Å²) >= 11 is 6.12. The molecule has 2 nitrogen and oxygen atoms in total. The van der Waals surface area contributed by atoms with Crippen LogP contribution in [0.25, 0.3) is 10.8 Å². The highest BCUT2D eigenvalue weighted by molar-refractivity contribution is 6.19. The SMILES string of the molecule is Cc1cccc2c(O)cc3c(c12)[C@H](CCl)[C@H](C)N3. The third-order valence-electron chi connectivity index (χ3n) is 3.91. The van der Waals surface area contributed by atoms with E-state index in [0.717, 1.165) is 16.5 Å². The first kappa shape index (κ1) is 11.7. The second-order valence-electron chi connectivity index (χ2n) is 5.05. The van der Waals surface area contributed by atoms with Crippen LogP contribution in [0.2, 0.25) is 0 Å². The minimum absolute atomic E-state index is 0.297. The van der Waals surface area contributed by atoms with Gasteiger partial charge >= 0.3 is 0 Å². The van der Waals surface area contributed by atoms with Crippen LogP contribution in [-0.2, 0) is 0 Å². The van der Waals surface area contributed by atoms with Crippen LogP contribution in [0.3, 0.4) is 0 Å². The van der Waals surface area contributed by atoms with Crippen molar-refractivity contribution in [3.8, 4) is 5.75 Å². The monoisotopic (exact) mass is 261 g/mol. The second kappa shape index (κ2) is 4.06. The molecule has 0 spiro atoms. The van der Waals surface area contributed by atoms with E-state index in [-0.39, 0.29) is 0 Å². The van der Waals surface area contributed by atoms with E-state index in [1.165, 1.54) is 11.1 Å². The average Bonchev–Trinajstić information content (AvgIpc) is 2.65. The number of halogens is 1. The summed E-state index contributed by atoms with van der Waals surface area (Å²) in [5.74, 6) is 1.23. The minimum atomic E-state index is 0.297. The summed E-state index contributed by atoms with van der Waals surface area (Å²) in [6.07, 6.45) is 0. The van der Waals surface area contributed by atoms with Crippen molar-refractivity contribution in [3.63, 3.8) is 0 Å². The first-order valence-electron chi connectivity index (χ1n) is 6.21. The van der Waals surface area contributed by atoms with Crippen LogP contribution >= 0.6 is 11.6 Å². The quantitative estimate of drug-likeness (QED) is 0.761. The molecule has 0 bridgehead atoms. The second-order valence-corrected chi connectivity index (χ2v) is 5.36. The normalized spacial score (nSPS) is 21.9. The third-order valence-corrected chi connectivity index (χ3v) is 4.25. The number of phenolic OH excluding ortho intramolecular Hbond substituents is 1. The van der Waals surface area contributed by atoms with Gasteiger partial charge in [-0.05, 0) is 30.4 Å². The fourth-order valence-corrected chi connectivity index (χ4v) is 3.40. The van der Waals surface area contributed by atoms with Gasteiger partial charge in [-0.2, -0.15) is 0 Å². The maximum atomic E-state index is 10.1. The molecular formula is C15H16ClNO. The van der Waals surface area contributed by atoms with Crippen molar-refractivity contribution in [2.75, 3.05) is 11.2 Å². The predicted molar refractivity (Wildman–Crippen MR) is 76.9 cm³/mol. The van der Waals surface area contributed by atoms with Crippen molar-refractivity contribution in [1.29, 1.82) is 0 Å². The third kappa shape index (κ3) is 1.49. The smallest absolute Gasteiger partial charge is 0.125 e. The van der Waals surface area contributed by atoms with E-state index in [1.807, 2.05) is 18.2 Å². The summed E-state index contributed by atoms with van der Waals surface area (Å²) in [6.45, 7) is 4.21. The van der Waals surface area contributed by atoms with E-state index in [2.05, 4.69) is 25.2 Å². The van der Waals surface area contributed by atoms with E-state index in [1.54, 1.807) is 0 Å². The van der Waals surface area contributed by atoms with Crippen LogP contribution in [-0.4, -0.2) is 17.0 Å². The fourth-order valence-electron chi connectivity index (χ4n) is 2.98. The van der Waals surface area contributed by atoms with Crippen LogP contribution in [0.4, 0.5) is 5.69 Å². The first-order valence-corrected chi connectivity index (χ1v) is 6.74. The lowest BCUT2D eigenvalue weighted by atomic mass is 9.90. The van der Waals surface area contributed by atoms with E-state index < -0.39 is 0 Å². The molecule has 2 aromatic carbocycles. The molecule has 2 atom stereocenters. The molecule has 0 unspecified atom stereocenters. The number of phenols is 1. The van der Waals surface area contributed by atoms with Gasteiger partial charge in [0.25, 0.3) is 0 Å². The zero-order chi connectivity index (χ0) is 12.9. The Morgan fingerprint density at radius 1 is 1.39 bits per heavy atom. The highest BCUT2D eigenvalue weighted by Gasteiger charge is 2.31. The van der Waals surface area contributed by atoms with Crippen LogP contribution in [0.15, 0.2) is 24.3 Å². The summed E-state index contributed by atoms with van der Waals surface area (Å²) in [5.41, 5.74) is 3.46. The number of benzene rings is 2. The van der Waals surface area contributed by atoms with Crippen molar-refractivity contribution >= 4 is 28.1 Å². The topological polar surface area (TPSA) is 32.3 Å². The Hall–Kier alpha value is -1.41. The Kier molecular flexibility index (Phi) is 2.63. The lowest BCUT2D eigenvalue weighted by Gasteiger charge is -2.15. The molecule has 0 aromatic heterocycles. The summed E-state index contributed by atoms with van der Waals surface area (Å²) in [4.78, 5) is 0. The molecule has 3 heteroatoms. The van der Waals surface area contributed by atoms with Crippen LogP contribution in [0.5, 0.6) is 5.75 Å². The molecule has 0 saturated carbocycles. The van der Waals surface area contributed by atoms with E-state index in [0.29, 0.717) is 23.6 Å². The number of aryl methyl sites for hydroxylation is 1. The molecule has 2 N–H and O–H groups in total. The molecule has 0 saturated heterocycles. The molecule has 94 valence electrons. The molecule has 0 amide bonds. The van der Waals surface area contributed by atoms with Gasteiger partial charge in [-0.1, -0.05) is 18.2 Å². The van der Waals surface area contributed by atoms with Gasteiger partial charge in [0.15, 0.2) is 0 Å². The molecule has 0 aliphatic carbocycles. The summed E-state index contributed by atoms with van der Waals surface area (Å²) in [5, 5.41) is 15.6. The first-order chi connectivity index (χ1) is 8.63. The Balaban J connectivity index is 2.41. The number of rotatable bonds is 1. The van der Waals surface area contributed by atoms with Gasteiger partial charge in [-0.25, -0.2) is 0 Å². The maximum Gasteiger partial charge on any atom is 0.125 e. The summed E-state index contributed by atoms with van der Waals surface area (Å²) < 4.78 is 0. The molecule has 18 heavy (non-hydrogen) atoms. The molecule has 2 aromatic rings. The molecule has 1 heterocycles. The molecule has 3 rings (SSSR count). The van der Waals surface area contributed by atoms with Gasteiger partial charge in [0.1, 0.15) is 5.75 Å². The van der Waals surface area contributed by atoms with Gasteiger partial charge in [-0.15, -0.1) is 11.6 Å². The highest BCUT2D eigenvalue weighted by Crippen LogP contribution is 2.45. The van der Waals surface area contributed by atoms with Gasteiger partial charge in [0, 0.05) is 35.0 Å². The van der Waals surface area contributed by atoms with E-state index in [9.17, 15) is 5.11 Å². The minimum Gasteiger partial charge on any atom is -0.507 e. The summed E-state index contributed by atoms with van der Waals surface area (Å²) in [7, 11) is 0. The molecule has 0 fully saturated rings. The number of hydrogen-bond donors (Lipinski definition) is 2. The standard InChI is InChI=1S/C15H16ClNO/c1-8-4-3-5-10-13(18)6-12-15(14(8)10)11(7-16)9(2)17-12/h3-6,9,11,17-18H,7H2,1-2H3/t9-,11+/m0/s1. The fraction of sp³-hybridized carbons (Fsp3) is 0.333. The Morgan fingerprint density at radius 3 is 2.89 bits per heavy atom. The maximum absolute atomic E-state index is 10.1. The number of aromatic hydroxyl groups is 1. The van der Waals surface area contributed by atoms with Crippen LogP contribution in [0, 0.1) is 6.92 Å². The Morgan fingerprint density at radius 2 is 2.17 bits per heavy atom. The van der Waals surface area contributed by atoms with Crippen molar-refractivity contribution < 1.29 is 5.11 Å². The Bertz CT molecular complexity index is 623. The number of alkyl halides is 1. The van der Waals surface area contributed by atoms with Gasteiger partial charge in [0.2, 0.25) is 0 Å². The van der Waals surface area contributed by atoms with Crippen molar-refractivity contribution in [3.05, 3.63) is 35.4 Å². The molecular weight excluding hydrogens is 246 g/mol.